The van der Waals surface area contributed by atoms with Crippen LogP contribution in [0.3, 0.4) is 0 Å². The van der Waals surface area contributed by atoms with E-state index >= 15 is 0 Å². The number of esters is 1. The highest BCUT2D eigenvalue weighted by atomic mass is 35.5. The van der Waals surface area contributed by atoms with Gasteiger partial charge >= 0.3 is 12.1 Å². The number of alkyl halides is 3. The Labute approximate surface area is 153 Å². The highest BCUT2D eigenvalue weighted by Crippen LogP contribution is 2.37. The standard InChI is InChI=1S/C18H16ClF3O4/c1-24-9-10-25-17(23)16(12-5-3-2-4-6-12)26-13-7-8-15(19)14(11-13)18(20,21)22/h2-8,11,16H,9-10H2,1H3. The average molecular weight is 389 g/mol. The van der Waals surface area contributed by atoms with Gasteiger partial charge in [-0.3, -0.25) is 0 Å². The number of ether oxygens (including phenoxy) is 3. The van der Waals surface area contributed by atoms with Crippen LogP contribution < -0.4 is 4.74 Å². The molecule has 2 rings (SSSR count). The zero-order chi connectivity index (χ0) is 19.2. The molecule has 0 saturated carbocycles. The van der Waals surface area contributed by atoms with Crippen LogP contribution in [0.15, 0.2) is 48.5 Å². The summed E-state index contributed by atoms with van der Waals surface area (Å²) in [6.45, 7) is 0.183. The first kappa shape index (κ1) is 20.1. The zero-order valence-electron chi connectivity index (χ0n) is 13.8. The van der Waals surface area contributed by atoms with Crippen molar-refractivity contribution in [2.75, 3.05) is 20.3 Å². The van der Waals surface area contributed by atoms with E-state index in [2.05, 4.69) is 0 Å². The van der Waals surface area contributed by atoms with Crippen molar-refractivity contribution in [3.8, 4) is 5.75 Å². The molecule has 26 heavy (non-hydrogen) atoms. The number of halogens is 4. The second-order valence-electron chi connectivity index (χ2n) is 5.21. The van der Waals surface area contributed by atoms with E-state index in [0.717, 1.165) is 12.1 Å². The second kappa shape index (κ2) is 8.91. The minimum absolute atomic E-state index is 0.00353. The molecule has 0 aliphatic rings. The fraction of sp³-hybridized carbons (Fsp3) is 0.278. The first-order valence-electron chi connectivity index (χ1n) is 7.57. The van der Waals surface area contributed by atoms with Gasteiger partial charge in [-0.05, 0) is 18.2 Å². The molecule has 140 valence electrons. The van der Waals surface area contributed by atoms with E-state index in [0.29, 0.717) is 5.56 Å². The molecule has 0 heterocycles. The van der Waals surface area contributed by atoms with Crippen molar-refractivity contribution in [1.29, 1.82) is 0 Å². The fourth-order valence-electron chi connectivity index (χ4n) is 2.11. The van der Waals surface area contributed by atoms with Gasteiger partial charge in [0.2, 0.25) is 6.10 Å². The summed E-state index contributed by atoms with van der Waals surface area (Å²) in [4.78, 5) is 12.3. The van der Waals surface area contributed by atoms with E-state index < -0.39 is 28.8 Å². The predicted molar refractivity (Wildman–Crippen MR) is 89.1 cm³/mol. The van der Waals surface area contributed by atoms with Gasteiger partial charge in [-0.2, -0.15) is 13.2 Å². The maximum atomic E-state index is 13.0. The van der Waals surface area contributed by atoms with Crippen LogP contribution in [-0.2, 0) is 20.4 Å². The predicted octanol–water partition coefficient (Wildman–Crippen LogP) is 4.67. The Hall–Kier alpha value is -2.25. The third kappa shape index (κ3) is 5.37. The Morgan fingerprint density at radius 1 is 1.12 bits per heavy atom. The molecule has 0 spiro atoms. The molecular formula is C18H16ClF3O4. The molecule has 1 atom stereocenters. The van der Waals surface area contributed by atoms with Crippen LogP contribution in [-0.4, -0.2) is 26.3 Å². The monoisotopic (exact) mass is 388 g/mol. The average Bonchev–Trinajstić information content (AvgIpc) is 2.61. The maximum Gasteiger partial charge on any atom is 0.417 e. The number of methoxy groups -OCH3 is 1. The van der Waals surface area contributed by atoms with Crippen molar-refractivity contribution in [3.63, 3.8) is 0 Å². The van der Waals surface area contributed by atoms with E-state index in [4.69, 9.17) is 25.8 Å². The molecule has 2 aromatic carbocycles. The lowest BCUT2D eigenvalue weighted by molar-refractivity contribution is -0.153. The largest absolute Gasteiger partial charge is 0.474 e. The van der Waals surface area contributed by atoms with Crippen molar-refractivity contribution in [2.24, 2.45) is 0 Å². The van der Waals surface area contributed by atoms with Gasteiger partial charge in [-0.25, -0.2) is 4.79 Å². The Bertz CT molecular complexity index is 735. The summed E-state index contributed by atoms with van der Waals surface area (Å²) in [5.74, 6) is -0.893. The van der Waals surface area contributed by atoms with Crippen LogP contribution in [0.4, 0.5) is 13.2 Å². The summed E-state index contributed by atoms with van der Waals surface area (Å²) in [7, 11) is 1.45. The van der Waals surface area contributed by atoms with Crippen LogP contribution in [0.1, 0.15) is 17.2 Å². The van der Waals surface area contributed by atoms with Gasteiger partial charge in [-0.15, -0.1) is 0 Å². The molecular weight excluding hydrogens is 373 g/mol. The smallest absolute Gasteiger partial charge is 0.417 e. The number of benzene rings is 2. The van der Waals surface area contributed by atoms with Crippen molar-refractivity contribution < 1.29 is 32.2 Å². The number of rotatable bonds is 7. The van der Waals surface area contributed by atoms with Gasteiger partial charge in [0.1, 0.15) is 12.4 Å². The lowest BCUT2D eigenvalue weighted by atomic mass is 10.1. The Kier molecular flexibility index (Phi) is 6.88. The lowest BCUT2D eigenvalue weighted by Gasteiger charge is -2.19. The van der Waals surface area contributed by atoms with Gasteiger partial charge in [-0.1, -0.05) is 41.9 Å². The topological polar surface area (TPSA) is 44.8 Å². The summed E-state index contributed by atoms with van der Waals surface area (Å²) in [6, 6.07) is 11.4. The van der Waals surface area contributed by atoms with Crippen LogP contribution in [0.25, 0.3) is 0 Å². The highest BCUT2D eigenvalue weighted by molar-refractivity contribution is 6.31. The van der Waals surface area contributed by atoms with E-state index in [-0.39, 0.29) is 19.0 Å². The van der Waals surface area contributed by atoms with Crippen LogP contribution in [0.2, 0.25) is 5.02 Å². The molecule has 0 radical (unpaired) electrons. The van der Waals surface area contributed by atoms with Gasteiger partial charge in [0, 0.05) is 12.7 Å². The fourth-order valence-corrected chi connectivity index (χ4v) is 2.34. The minimum Gasteiger partial charge on any atom is -0.474 e. The quantitative estimate of drug-likeness (QED) is 0.511. The highest BCUT2D eigenvalue weighted by Gasteiger charge is 2.34. The molecule has 8 heteroatoms. The summed E-state index contributed by atoms with van der Waals surface area (Å²) >= 11 is 5.60. The van der Waals surface area contributed by atoms with Crippen molar-refractivity contribution >= 4 is 17.6 Å². The number of carbonyl (C=O) groups is 1. The Balaban J connectivity index is 2.28. The Morgan fingerprint density at radius 2 is 1.81 bits per heavy atom. The molecule has 0 fully saturated rings. The molecule has 0 aliphatic carbocycles. The first-order chi connectivity index (χ1) is 12.3. The number of hydrogen-bond acceptors (Lipinski definition) is 4. The summed E-state index contributed by atoms with van der Waals surface area (Å²) in [6.07, 6.45) is -5.87. The third-order valence-electron chi connectivity index (χ3n) is 3.35. The summed E-state index contributed by atoms with van der Waals surface area (Å²) in [5.41, 5.74) is -0.602. The lowest BCUT2D eigenvalue weighted by Crippen LogP contribution is -2.23. The maximum absolute atomic E-state index is 13.0. The molecule has 4 nitrogen and oxygen atoms in total. The molecule has 2 aromatic rings. The molecule has 0 saturated heterocycles. The molecule has 0 aromatic heterocycles. The van der Waals surface area contributed by atoms with Crippen molar-refractivity contribution in [2.45, 2.75) is 12.3 Å². The first-order valence-corrected chi connectivity index (χ1v) is 7.94. The van der Waals surface area contributed by atoms with Crippen molar-refractivity contribution in [1.82, 2.24) is 0 Å². The molecule has 0 amide bonds. The third-order valence-corrected chi connectivity index (χ3v) is 3.67. The van der Waals surface area contributed by atoms with Gasteiger partial charge in [0.15, 0.2) is 0 Å². The number of hydrogen-bond donors (Lipinski definition) is 0. The van der Waals surface area contributed by atoms with Gasteiger partial charge < -0.3 is 14.2 Å². The van der Waals surface area contributed by atoms with Crippen LogP contribution >= 0.6 is 11.6 Å². The molecule has 0 N–H and O–H groups in total. The van der Waals surface area contributed by atoms with E-state index in [9.17, 15) is 18.0 Å². The van der Waals surface area contributed by atoms with E-state index in [1.54, 1.807) is 30.3 Å². The normalized spacial score (nSPS) is 12.5. The Morgan fingerprint density at radius 3 is 2.42 bits per heavy atom. The van der Waals surface area contributed by atoms with Crippen LogP contribution in [0, 0.1) is 0 Å². The minimum atomic E-state index is -4.64. The summed E-state index contributed by atoms with van der Waals surface area (Å²) < 4.78 is 54.4. The number of carbonyl (C=O) groups excluding carboxylic acids is 1. The zero-order valence-corrected chi connectivity index (χ0v) is 14.5. The SMILES string of the molecule is COCCOC(=O)C(Oc1ccc(Cl)c(C(F)(F)F)c1)c1ccccc1. The molecule has 0 aliphatic heterocycles. The van der Waals surface area contributed by atoms with Crippen molar-refractivity contribution in [3.05, 3.63) is 64.7 Å². The van der Waals surface area contributed by atoms with Gasteiger partial charge in [0.05, 0.1) is 17.2 Å². The summed E-state index contributed by atoms with van der Waals surface area (Å²) in [5, 5.41) is -0.455. The second-order valence-corrected chi connectivity index (χ2v) is 5.62. The van der Waals surface area contributed by atoms with Gasteiger partial charge in [0.25, 0.3) is 0 Å². The molecule has 1 unspecified atom stereocenters. The molecule has 0 bridgehead atoms. The van der Waals surface area contributed by atoms with E-state index in [1.807, 2.05) is 0 Å². The van der Waals surface area contributed by atoms with E-state index in [1.165, 1.54) is 13.2 Å². The van der Waals surface area contributed by atoms with Crippen LogP contribution in [0.5, 0.6) is 5.75 Å².